The van der Waals surface area contributed by atoms with Gasteiger partial charge in [0.05, 0.1) is 5.92 Å². The predicted molar refractivity (Wildman–Crippen MR) is 107 cm³/mol. The monoisotopic (exact) mass is 372 g/mol. The number of carboxylic acid groups (broad SMARTS) is 1. The molecule has 1 aromatic rings. The standard InChI is InChI=1S/C22H32N2O3/c1-2-3-8-21(25)24-13-5-6-18-15-17(9-10-20(18)24)11-14-23-12-4-7-19(16-23)22(26)27/h9-10,15,19H,2-8,11-14,16H2,1H3,(H,26,27). The van der Waals surface area contributed by atoms with Crippen molar-refractivity contribution in [1.82, 2.24) is 4.90 Å². The number of amides is 1. The molecule has 3 rings (SSSR count). The van der Waals surface area contributed by atoms with Crippen LogP contribution in [-0.4, -0.2) is 48.1 Å². The number of carbonyl (C=O) groups is 2. The molecule has 2 aliphatic heterocycles. The van der Waals surface area contributed by atoms with Gasteiger partial charge in [-0.05, 0) is 62.3 Å². The van der Waals surface area contributed by atoms with Gasteiger partial charge in [-0.2, -0.15) is 0 Å². The molecule has 1 N–H and O–H groups in total. The first kappa shape index (κ1) is 19.9. The summed E-state index contributed by atoms with van der Waals surface area (Å²) >= 11 is 0. The van der Waals surface area contributed by atoms with E-state index in [1.807, 2.05) is 4.90 Å². The van der Waals surface area contributed by atoms with E-state index >= 15 is 0 Å². The lowest BCUT2D eigenvalue weighted by molar-refractivity contribution is -0.143. The van der Waals surface area contributed by atoms with Gasteiger partial charge in [0.15, 0.2) is 0 Å². The molecule has 0 spiro atoms. The molecule has 27 heavy (non-hydrogen) atoms. The number of anilines is 1. The van der Waals surface area contributed by atoms with Crippen molar-refractivity contribution in [3.05, 3.63) is 29.3 Å². The number of hydrogen-bond acceptors (Lipinski definition) is 3. The highest BCUT2D eigenvalue weighted by Crippen LogP contribution is 2.29. The van der Waals surface area contributed by atoms with E-state index in [1.165, 1.54) is 11.1 Å². The van der Waals surface area contributed by atoms with E-state index in [-0.39, 0.29) is 11.8 Å². The SMILES string of the molecule is CCCCC(=O)N1CCCc2cc(CCN3CCCC(C(=O)O)C3)ccc21. The number of carboxylic acids is 1. The fraction of sp³-hybridized carbons (Fsp3) is 0.636. The van der Waals surface area contributed by atoms with Crippen molar-refractivity contribution >= 4 is 17.6 Å². The molecule has 0 bridgehead atoms. The number of likely N-dealkylation sites (tertiary alicyclic amines) is 1. The number of nitrogens with zero attached hydrogens (tertiary/aromatic N) is 2. The third kappa shape index (κ3) is 5.10. The quantitative estimate of drug-likeness (QED) is 0.796. The molecular weight excluding hydrogens is 340 g/mol. The molecule has 0 saturated carbocycles. The molecule has 2 heterocycles. The van der Waals surface area contributed by atoms with Crippen LogP contribution in [0.2, 0.25) is 0 Å². The summed E-state index contributed by atoms with van der Waals surface area (Å²) in [6.45, 7) is 5.51. The summed E-state index contributed by atoms with van der Waals surface area (Å²) in [5, 5.41) is 9.24. The molecule has 0 radical (unpaired) electrons. The highest BCUT2D eigenvalue weighted by molar-refractivity contribution is 5.94. The maximum atomic E-state index is 12.5. The minimum absolute atomic E-state index is 0.218. The number of aryl methyl sites for hydroxylation is 1. The average molecular weight is 373 g/mol. The van der Waals surface area contributed by atoms with Gasteiger partial charge in [0.2, 0.25) is 5.91 Å². The highest BCUT2D eigenvalue weighted by atomic mass is 16.4. The maximum Gasteiger partial charge on any atom is 0.307 e. The van der Waals surface area contributed by atoms with Crippen molar-refractivity contribution in [1.29, 1.82) is 0 Å². The summed E-state index contributed by atoms with van der Waals surface area (Å²) in [5.74, 6) is -0.634. The van der Waals surface area contributed by atoms with Gasteiger partial charge in [0.25, 0.3) is 0 Å². The molecule has 1 atom stereocenters. The lowest BCUT2D eigenvalue weighted by Gasteiger charge is -2.31. The smallest absolute Gasteiger partial charge is 0.307 e. The largest absolute Gasteiger partial charge is 0.481 e. The minimum atomic E-state index is -0.665. The number of unbranched alkanes of at least 4 members (excludes halogenated alkanes) is 1. The van der Waals surface area contributed by atoms with Crippen LogP contribution >= 0.6 is 0 Å². The first-order valence-corrected chi connectivity index (χ1v) is 10.5. The Morgan fingerprint density at radius 1 is 1.22 bits per heavy atom. The van der Waals surface area contributed by atoms with Crippen LogP contribution in [0.3, 0.4) is 0 Å². The van der Waals surface area contributed by atoms with Crippen LogP contribution < -0.4 is 4.90 Å². The van der Waals surface area contributed by atoms with Crippen LogP contribution in [0.5, 0.6) is 0 Å². The van der Waals surface area contributed by atoms with Crippen molar-refractivity contribution in [3.63, 3.8) is 0 Å². The zero-order valence-corrected chi connectivity index (χ0v) is 16.5. The molecule has 1 unspecified atom stereocenters. The lowest BCUT2D eigenvalue weighted by atomic mass is 9.96. The summed E-state index contributed by atoms with van der Waals surface area (Å²) in [5.41, 5.74) is 3.66. The number of fused-ring (bicyclic) bond motifs is 1. The van der Waals surface area contributed by atoms with Gasteiger partial charge < -0.3 is 14.9 Å². The Hall–Kier alpha value is -1.88. The molecule has 5 nitrogen and oxygen atoms in total. The van der Waals surface area contributed by atoms with E-state index in [4.69, 9.17) is 0 Å². The van der Waals surface area contributed by atoms with Crippen LogP contribution in [0.4, 0.5) is 5.69 Å². The predicted octanol–water partition coefficient (Wildman–Crippen LogP) is 3.50. The Labute approximate surface area is 162 Å². The van der Waals surface area contributed by atoms with Crippen LogP contribution in [0.1, 0.15) is 56.6 Å². The average Bonchev–Trinajstić information content (AvgIpc) is 2.70. The number of hydrogen-bond donors (Lipinski definition) is 1. The molecule has 2 aliphatic rings. The third-order valence-corrected chi connectivity index (χ3v) is 5.88. The van der Waals surface area contributed by atoms with Crippen LogP contribution in [0.25, 0.3) is 0 Å². The van der Waals surface area contributed by atoms with Crippen LogP contribution in [0, 0.1) is 5.92 Å². The molecule has 0 aromatic heterocycles. The summed E-state index contributed by atoms with van der Waals surface area (Å²) in [6.07, 6.45) is 7.40. The molecular formula is C22H32N2O3. The molecule has 1 fully saturated rings. The Kier molecular flexibility index (Phi) is 6.89. The molecule has 1 amide bonds. The molecule has 0 aliphatic carbocycles. The first-order chi connectivity index (χ1) is 13.1. The topological polar surface area (TPSA) is 60.9 Å². The normalized spacial score (nSPS) is 20.3. The second-order valence-corrected chi connectivity index (χ2v) is 7.94. The van der Waals surface area contributed by atoms with Crippen LogP contribution in [-0.2, 0) is 22.4 Å². The Morgan fingerprint density at radius 3 is 2.85 bits per heavy atom. The number of piperidine rings is 1. The van der Waals surface area contributed by atoms with Gasteiger partial charge >= 0.3 is 5.97 Å². The van der Waals surface area contributed by atoms with Crippen LogP contribution in [0.15, 0.2) is 18.2 Å². The molecule has 1 saturated heterocycles. The number of aliphatic carboxylic acids is 1. The first-order valence-electron chi connectivity index (χ1n) is 10.5. The number of benzene rings is 1. The van der Waals surface area contributed by atoms with Gasteiger partial charge in [-0.25, -0.2) is 0 Å². The zero-order chi connectivity index (χ0) is 19.2. The zero-order valence-electron chi connectivity index (χ0n) is 16.5. The third-order valence-electron chi connectivity index (χ3n) is 5.88. The van der Waals surface area contributed by atoms with Gasteiger partial charge in [-0.15, -0.1) is 0 Å². The Morgan fingerprint density at radius 2 is 2.07 bits per heavy atom. The Balaban J connectivity index is 1.60. The second-order valence-electron chi connectivity index (χ2n) is 7.94. The van der Waals surface area contributed by atoms with Crippen molar-refractivity contribution in [3.8, 4) is 0 Å². The van der Waals surface area contributed by atoms with E-state index in [1.54, 1.807) is 0 Å². The maximum absolute atomic E-state index is 12.5. The summed E-state index contributed by atoms with van der Waals surface area (Å²) in [7, 11) is 0. The molecule has 1 aromatic carbocycles. The fourth-order valence-corrected chi connectivity index (χ4v) is 4.28. The van der Waals surface area contributed by atoms with Gasteiger partial charge in [0.1, 0.15) is 0 Å². The lowest BCUT2D eigenvalue weighted by Crippen LogP contribution is -2.39. The fourth-order valence-electron chi connectivity index (χ4n) is 4.28. The van der Waals surface area contributed by atoms with E-state index in [2.05, 4.69) is 30.0 Å². The summed E-state index contributed by atoms with van der Waals surface area (Å²) < 4.78 is 0. The minimum Gasteiger partial charge on any atom is -0.481 e. The van der Waals surface area contributed by atoms with E-state index in [0.717, 1.165) is 70.3 Å². The van der Waals surface area contributed by atoms with Crippen molar-refractivity contribution in [2.24, 2.45) is 5.92 Å². The van der Waals surface area contributed by atoms with E-state index in [0.29, 0.717) is 13.0 Å². The Bertz CT molecular complexity index is 674. The van der Waals surface area contributed by atoms with E-state index in [9.17, 15) is 14.7 Å². The number of carbonyl (C=O) groups excluding carboxylic acids is 1. The molecule has 5 heteroatoms. The van der Waals surface area contributed by atoms with Crippen molar-refractivity contribution < 1.29 is 14.7 Å². The molecule has 148 valence electrons. The number of rotatable bonds is 7. The summed E-state index contributed by atoms with van der Waals surface area (Å²) in [4.78, 5) is 28.0. The second kappa shape index (κ2) is 9.36. The summed E-state index contributed by atoms with van der Waals surface area (Å²) in [6, 6.07) is 6.51. The van der Waals surface area contributed by atoms with Gasteiger partial charge in [-0.1, -0.05) is 25.5 Å². The van der Waals surface area contributed by atoms with Crippen molar-refractivity contribution in [2.75, 3.05) is 31.1 Å². The van der Waals surface area contributed by atoms with Gasteiger partial charge in [-0.3, -0.25) is 9.59 Å². The van der Waals surface area contributed by atoms with Gasteiger partial charge in [0, 0.05) is 31.7 Å². The highest BCUT2D eigenvalue weighted by Gasteiger charge is 2.25. The van der Waals surface area contributed by atoms with Crippen molar-refractivity contribution in [2.45, 2.75) is 58.3 Å². The van der Waals surface area contributed by atoms with E-state index < -0.39 is 5.97 Å².